The third kappa shape index (κ3) is 4.13. The lowest BCUT2D eigenvalue weighted by Crippen LogP contribution is -2.14. The van der Waals surface area contributed by atoms with Crippen LogP contribution in [0.5, 0.6) is 0 Å². The summed E-state index contributed by atoms with van der Waals surface area (Å²) in [5.74, 6) is 1.71. The highest BCUT2D eigenvalue weighted by Gasteiger charge is 2.04. The summed E-state index contributed by atoms with van der Waals surface area (Å²) >= 11 is 3.43. The van der Waals surface area contributed by atoms with E-state index in [1.807, 2.05) is 19.0 Å². The highest BCUT2D eigenvalue weighted by atomic mass is 79.9. The normalized spacial score (nSPS) is 10.7. The number of nitrogens with zero attached hydrogens (tertiary/aromatic N) is 3. The number of hydrogen-bond acceptors (Lipinski definition) is 4. The lowest BCUT2D eigenvalue weighted by atomic mass is 10.4. The lowest BCUT2D eigenvalue weighted by molar-refractivity contribution is 0.390. The second kappa shape index (κ2) is 6.02. The summed E-state index contributed by atoms with van der Waals surface area (Å²) in [4.78, 5) is 10.7. The summed E-state index contributed by atoms with van der Waals surface area (Å²) in [7, 11) is 4.01. The second-order valence-electron chi connectivity index (χ2n) is 3.65. The van der Waals surface area contributed by atoms with Crippen LogP contribution in [0.1, 0.15) is 19.2 Å². The van der Waals surface area contributed by atoms with Gasteiger partial charge in [0.05, 0.1) is 11.0 Å². The zero-order chi connectivity index (χ0) is 11.3. The molecule has 0 saturated carbocycles. The molecule has 1 aromatic rings. The Labute approximate surface area is 99.2 Å². The van der Waals surface area contributed by atoms with Crippen LogP contribution >= 0.6 is 15.9 Å². The van der Waals surface area contributed by atoms with E-state index in [2.05, 4.69) is 38.1 Å². The van der Waals surface area contributed by atoms with E-state index in [9.17, 15) is 0 Å². The molecular formula is C10H17BrN4. The number of anilines is 1. The fourth-order valence-corrected chi connectivity index (χ4v) is 1.46. The molecule has 84 valence electrons. The van der Waals surface area contributed by atoms with Crippen LogP contribution in [0.15, 0.2) is 10.7 Å². The quantitative estimate of drug-likeness (QED) is 0.892. The maximum absolute atomic E-state index is 4.44. The average Bonchev–Trinajstić information content (AvgIpc) is 2.18. The molecule has 0 radical (unpaired) electrons. The number of halogens is 1. The second-order valence-corrected chi connectivity index (χ2v) is 4.50. The molecule has 4 nitrogen and oxygen atoms in total. The molecular weight excluding hydrogens is 256 g/mol. The summed E-state index contributed by atoms with van der Waals surface area (Å²) < 4.78 is 0.915. The van der Waals surface area contributed by atoms with E-state index in [1.165, 1.54) is 0 Å². The minimum Gasteiger partial charge on any atom is -0.369 e. The van der Waals surface area contributed by atoms with Gasteiger partial charge in [0.25, 0.3) is 0 Å². The predicted octanol–water partition coefficient (Wildman–Crippen LogP) is 2.12. The Hall–Kier alpha value is -0.680. The molecule has 0 fully saturated rings. The van der Waals surface area contributed by atoms with Gasteiger partial charge in [0.2, 0.25) is 0 Å². The van der Waals surface area contributed by atoms with Crippen molar-refractivity contribution in [3.05, 3.63) is 16.5 Å². The van der Waals surface area contributed by atoms with Crippen molar-refractivity contribution in [3.8, 4) is 0 Å². The van der Waals surface area contributed by atoms with Crippen molar-refractivity contribution in [2.45, 2.75) is 19.9 Å². The minimum absolute atomic E-state index is 0.758. The Kier molecular flexibility index (Phi) is 4.98. The lowest BCUT2D eigenvalue weighted by Gasteiger charge is -2.11. The smallest absolute Gasteiger partial charge is 0.144 e. The van der Waals surface area contributed by atoms with Gasteiger partial charge in [0, 0.05) is 12.7 Å². The third-order valence-corrected chi connectivity index (χ3v) is 2.37. The first-order chi connectivity index (χ1) is 7.13. The summed E-state index contributed by atoms with van der Waals surface area (Å²) in [6, 6.07) is 0. The van der Waals surface area contributed by atoms with Gasteiger partial charge in [0.15, 0.2) is 0 Å². The monoisotopic (exact) mass is 272 g/mol. The zero-order valence-corrected chi connectivity index (χ0v) is 11.0. The van der Waals surface area contributed by atoms with Crippen LogP contribution in [0.3, 0.4) is 0 Å². The van der Waals surface area contributed by atoms with Crippen LogP contribution in [0, 0.1) is 0 Å². The number of aromatic nitrogens is 2. The fraction of sp³-hybridized carbons (Fsp3) is 0.600. The van der Waals surface area contributed by atoms with Gasteiger partial charge < -0.3 is 10.2 Å². The Bertz CT molecular complexity index is 314. The van der Waals surface area contributed by atoms with E-state index in [0.717, 1.165) is 35.6 Å². The Morgan fingerprint density at radius 2 is 2.20 bits per heavy atom. The van der Waals surface area contributed by atoms with E-state index < -0.39 is 0 Å². The largest absolute Gasteiger partial charge is 0.369 e. The van der Waals surface area contributed by atoms with E-state index in [0.29, 0.717) is 0 Å². The summed E-state index contributed by atoms with van der Waals surface area (Å²) in [6.07, 6.45) is 2.88. The predicted molar refractivity (Wildman–Crippen MR) is 65.9 cm³/mol. The Morgan fingerprint density at radius 1 is 1.47 bits per heavy atom. The van der Waals surface area contributed by atoms with Crippen LogP contribution in [0.4, 0.5) is 5.82 Å². The third-order valence-electron chi connectivity index (χ3n) is 1.79. The van der Waals surface area contributed by atoms with Crippen LogP contribution in [-0.2, 0) is 6.54 Å². The molecule has 0 aliphatic heterocycles. The molecule has 1 N–H and O–H groups in total. The van der Waals surface area contributed by atoms with Crippen molar-refractivity contribution in [2.24, 2.45) is 0 Å². The number of nitrogens with one attached hydrogen (secondary N) is 1. The van der Waals surface area contributed by atoms with E-state index in [4.69, 9.17) is 0 Å². The highest BCUT2D eigenvalue weighted by molar-refractivity contribution is 9.10. The van der Waals surface area contributed by atoms with Crippen LogP contribution in [0.2, 0.25) is 0 Å². The van der Waals surface area contributed by atoms with Crippen molar-refractivity contribution in [1.29, 1.82) is 0 Å². The summed E-state index contributed by atoms with van der Waals surface area (Å²) in [5, 5.41) is 3.26. The molecule has 1 aromatic heterocycles. The van der Waals surface area contributed by atoms with Crippen LogP contribution in [0.25, 0.3) is 0 Å². The van der Waals surface area contributed by atoms with Gasteiger partial charge in [-0.1, -0.05) is 6.92 Å². The van der Waals surface area contributed by atoms with Gasteiger partial charge in [-0.2, -0.15) is 0 Å². The molecule has 0 aliphatic rings. The molecule has 5 heteroatoms. The molecule has 15 heavy (non-hydrogen) atoms. The topological polar surface area (TPSA) is 41.1 Å². The van der Waals surface area contributed by atoms with Crippen molar-refractivity contribution < 1.29 is 0 Å². The number of rotatable bonds is 5. The van der Waals surface area contributed by atoms with E-state index in [1.54, 1.807) is 6.20 Å². The van der Waals surface area contributed by atoms with Crippen LogP contribution < -0.4 is 5.32 Å². The van der Waals surface area contributed by atoms with E-state index >= 15 is 0 Å². The summed E-state index contributed by atoms with van der Waals surface area (Å²) in [5.41, 5.74) is 0. The highest BCUT2D eigenvalue weighted by Crippen LogP contribution is 2.18. The van der Waals surface area contributed by atoms with Gasteiger partial charge in [-0.25, -0.2) is 9.97 Å². The molecule has 0 unspecified atom stereocenters. The van der Waals surface area contributed by atoms with Crippen molar-refractivity contribution in [2.75, 3.05) is 26.0 Å². The SMILES string of the molecule is CCCNc1nc(CN(C)C)ncc1Br. The molecule has 0 saturated heterocycles. The van der Waals surface area contributed by atoms with Crippen molar-refractivity contribution in [1.82, 2.24) is 14.9 Å². The van der Waals surface area contributed by atoms with Gasteiger partial charge in [-0.3, -0.25) is 0 Å². The first-order valence-corrected chi connectivity index (χ1v) is 5.82. The molecule has 0 atom stereocenters. The number of hydrogen-bond donors (Lipinski definition) is 1. The molecule has 0 bridgehead atoms. The van der Waals surface area contributed by atoms with Crippen LogP contribution in [-0.4, -0.2) is 35.5 Å². The van der Waals surface area contributed by atoms with Gasteiger partial charge in [0.1, 0.15) is 11.6 Å². The van der Waals surface area contributed by atoms with Gasteiger partial charge >= 0.3 is 0 Å². The zero-order valence-electron chi connectivity index (χ0n) is 9.42. The maximum atomic E-state index is 4.44. The molecule has 1 rings (SSSR count). The summed E-state index contributed by atoms with van der Waals surface area (Å²) in [6.45, 7) is 3.81. The average molecular weight is 273 g/mol. The Balaban J connectivity index is 2.75. The minimum atomic E-state index is 0.758. The van der Waals surface area contributed by atoms with Crippen molar-refractivity contribution >= 4 is 21.7 Å². The van der Waals surface area contributed by atoms with E-state index in [-0.39, 0.29) is 0 Å². The Morgan fingerprint density at radius 3 is 2.80 bits per heavy atom. The first kappa shape index (κ1) is 12.4. The van der Waals surface area contributed by atoms with Gasteiger partial charge in [-0.05, 0) is 36.4 Å². The molecule has 1 heterocycles. The van der Waals surface area contributed by atoms with Crippen molar-refractivity contribution in [3.63, 3.8) is 0 Å². The fourth-order valence-electron chi connectivity index (χ4n) is 1.13. The first-order valence-electron chi connectivity index (χ1n) is 5.03. The standard InChI is InChI=1S/C10H17BrN4/c1-4-5-12-10-8(11)6-13-9(14-10)7-15(2)3/h6H,4-5,7H2,1-3H3,(H,12,13,14). The van der Waals surface area contributed by atoms with Gasteiger partial charge in [-0.15, -0.1) is 0 Å². The molecule has 0 spiro atoms. The molecule has 0 aromatic carbocycles. The molecule has 0 aliphatic carbocycles. The maximum Gasteiger partial charge on any atom is 0.144 e. The molecule has 0 amide bonds.